The zero-order valence-electron chi connectivity index (χ0n) is 19.5. The first-order chi connectivity index (χ1) is 16.7. The summed E-state index contributed by atoms with van der Waals surface area (Å²) in [6.45, 7) is 4.13. The van der Waals surface area contributed by atoms with Gasteiger partial charge in [0.1, 0.15) is 23.6 Å². The smallest absolute Gasteiger partial charge is 0.261 e. The van der Waals surface area contributed by atoms with E-state index in [4.69, 9.17) is 4.74 Å². The normalized spacial score (nSPS) is 18.7. The Labute approximate surface area is 201 Å². The standard InChI is InChI=1S/C24H27FN6O4/c1-24(2,34)20(25)13-30-12-14-8-18(19(9-16(14)23(30)33)35-15-4-6-26-10-15)29-22(32)17-11-28-31-7-3-5-27-21(17)31/h3,5,7-9,11,15,20,26,34H,4,6,10,12-13H2,1-2H3,(H,29,32)/t15-,20?/m0/s1. The van der Waals surface area contributed by atoms with Crippen LogP contribution in [0, 0.1) is 0 Å². The van der Waals surface area contributed by atoms with Crippen molar-refractivity contribution in [3.8, 4) is 5.75 Å². The molecule has 35 heavy (non-hydrogen) atoms. The quantitative estimate of drug-likeness (QED) is 0.469. The van der Waals surface area contributed by atoms with Gasteiger partial charge < -0.3 is 25.4 Å². The van der Waals surface area contributed by atoms with Gasteiger partial charge in [-0.15, -0.1) is 0 Å². The van der Waals surface area contributed by atoms with Crippen LogP contribution in [0.15, 0.2) is 36.8 Å². The number of nitrogens with one attached hydrogen (secondary N) is 2. The van der Waals surface area contributed by atoms with E-state index in [1.54, 1.807) is 30.6 Å². The second-order valence-electron chi connectivity index (χ2n) is 9.45. The second kappa shape index (κ2) is 8.90. The summed E-state index contributed by atoms with van der Waals surface area (Å²) in [5.41, 5.74) is 0.580. The molecule has 4 heterocycles. The highest BCUT2D eigenvalue weighted by Gasteiger charge is 2.35. The number of fused-ring (bicyclic) bond motifs is 2. The Morgan fingerprint density at radius 2 is 2.26 bits per heavy atom. The summed E-state index contributed by atoms with van der Waals surface area (Å²) >= 11 is 0. The fourth-order valence-corrected chi connectivity index (χ4v) is 4.25. The van der Waals surface area contributed by atoms with Gasteiger partial charge in [-0.2, -0.15) is 5.10 Å². The molecule has 1 aromatic carbocycles. The summed E-state index contributed by atoms with van der Waals surface area (Å²) in [5.74, 6) is -0.393. The lowest BCUT2D eigenvalue weighted by Gasteiger charge is -2.26. The molecule has 0 radical (unpaired) electrons. The van der Waals surface area contributed by atoms with Gasteiger partial charge in [0.05, 0.1) is 24.0 Å². The zero-order valence-corrected chi connectivity index (χ0v) is 19.5. The van der Waals surface area contributed by atoms with Crippen LogP contribution in [0.4, 0.5) is 10.1 Å². The van der Waals surface area contributed by atoms with Crippen molar-refractivity contribution >= 4 is 23.1 Å². The lowest BCUT2D eigenvalue weighted by Crippen LogP contribution is -2.42. The predicted molar refractivity (Wildman–Crippen MR) is 125 cm³/mol. The highest BCUT2D eigenvalue weighted by Crippen LogP contribution is 2.35. The number of aliphatic hydroxyl groups is 1. The molecule has 2 aliphatic heterocycles. The molecular formula is C24H27FN6O4. The summed E-state index contributed by atoms with van der Waals surface area (Å²) in [5, 5.41) is 20.2. The van der Waals surface area contributed by atoms with Gasteiger partial charge >= 0.3 is 0 Å². The molecule has 2 amide bonds. The molecule has 0 aliphatic carbocycles. The Kier molecular flexibility index (Phi) is 5.89. The number of carbonyl (C=O) groups is 2. The van der Waals surface area contributed by atoms with E-state index in [0.717, 1.165) is 13.0 Å². The van der Waals surface area contributed by atoms with Crippen molar-refractivity contribution in [1.82, 2.24) is 24.8 Å². The average molecular weight is 483 g/mol. The number of amides is 2. The van der Waals surface area contributed by atoms with Crippen LogP contribution in [0.5, 0.6) is 5.75 Å². The van der Waals surface area contributed by atoms with E-state index in [9.17, 15) is 19.1 Å². The molecule has 2 atom stereocenters. The first kappa shape index (κ1) is 23.2. The van der Waals surface area contributed by atoms with Crippen LogP contribution in [0.25, 0.3) is 5.65 Å². The topological polar surface area (TPSA) is 121 Å². The number of hydrogen-bond donors (Lipinski definition) is 3. The fourth-order valence-electron chi connectivity index (χ4n) is 4.25. The molecule has 0 spiro atoms. The van der Waals surface area contributed by atoms with Gasteiger partial charge in [0.15, 0.2) is 5.65 Å². The van der Waals surface area contributed by atoms with Gasteiger partial charge in [-0.05, 0) is 50.6 Å². The monoisotopic (exact) mass is 482 g/mol. The molecule has 0 bridgehead atoms. The van der Waals surface area contributed by atoms with E-state index in [1.807, 2.05) is 0 Å². The number of aromatic nitrogens is 3. The van der Waals surface area contributed by atoms with Crippen LogP contribution in [0.2, 0.25) is 0 Å². The zero-order chi connectivity index (χ0) is 24.7. The van der Waals surface area contributed by atoms with Gasteiger partial charge in [0.2, 0.25) is 0 Å². The second-order valence-corrected chi connectivity index (χ2v) is 9.45. The molecule has 184 valence electrons. The van der Waals surface area contributed by atoms with Crippen LogP contribution in [0.1, 0.15) is 46.5 Å². The van der Waals surface area contributed by atoms with Gasteiger partial charge in [-0.1, -0.05) is 0 Å². The first-order valence-corrected chi connectivity index (χ1v) is 11.5. The van der Waals surface area contributed by atoms with Crippen LogP contribution >= 0.6 is 0 Å². The molecule has 1 unspecified atom stereocenters. The third kappa shape index (κ3) is 4.56. The number of ether oxygens (including phenoxy) is 1. The van der Waals surface area contributed by atoms with Crippen LogP contribution in [-0.4, -0.2) is 73.9 Å². The molecule has 5 rings (SSSR count). The third-order valence-corrected chi connectivity index (χ3v) is 6.31. The maximum Gasteiger partial charge on any atom is 0.261 e. The summed E-state index contributed by atoms with van der Waals surface area (Å²) in [4.78, 5) is 31.7. The number of benzene rings is 1. The highest BCUT2D eigenvalue weighted by molar-refractivity contribution is 6.09. The van der Waals surface area contributed by atoms with Gasteiger partial charge in [0.25, 0.3) is 11.8 Å². The molecule has 3 N–H and O–H groups in total. The Morgan fingerprint density at radius 1 is 1.43 bits per heavy atom. The van der Waals surface area contributed by atoms with Crippen molar-refractivity contribution in [3.05, 3.63) is 53.5 Å². The van der Waals surface area contributed by atoms with Crippen molar-refractivity contribution in [2.75, 3.05) is 25.0 Å². The number of carbonyl (C=O) groups excluding carboxylic acids is 2. The number of nitrogens with zero attached hydrogens (tertiary/aromatic N) is 4. The molecule has 0 saturated carbocycles. The first-order valence-electron chi connectivity index (χ1n) is 11.5. The SMILES string of the molecule is CC(C)(O)C(F)CN1Cc2cc(NC(=O)c3cnn4cccnc34)c(O[C@H]3CCNC3)cc2C1=O. The van der Waals surface area contributed by atoms with Crippen molar-refractivity contribution in [2.24, 2.45) is 0 Å². The maximum absolute atomic E-state index is 14.5. The Balaban J connectivity index is 1.45. The number of anilines is 1. The van der Waals surface area contributed by atoms with Crippen molar-refractivity contribution in [2.45, 2.75) is 44.7 Å². The molecule has 1 fully saturated rings. The van der Waals surface area contributed by atoms with Gasteiger partial charge in [-0.25, -0.2) is 13.9 Å². The van der Waals surface area contributed by atoms with E-state index in [-0.39, 0.29) is 25.1 Å². The van der Waals surface area contributed by atoms with Crippen LogP contribution in [-0.2, 0) is 6.54 Å². The van der Waals surface area contributed by atoms with E-state index < -0.39 is 17.7 Å². The number of alkyl halides is 1. The molecule has 3 aromatic rings. The number of halogens is 1. The summed E-state index contributed by atoms with van der Waals surface area (Å²) in [6.07, 6.45) is 3.79. The molecule has 10 nitrogen and oxygen atoms in total. The van der Waals surface area contributed by atoms with E-state index in [2.05, 4.69) is 20.7 Å². The van der Waals surface area contributed by atoms with Crippen molar-refractivity contribution in [1.29, 1.82) is 0 Å². The molecular weight excluding hydrogens is 455 g/mol. The average Bonchev–Trinajstić information content (AvgIpc) is 3.54. The lowest BCUT2D eigenvalue weighted by molar-refractivity contribution is -0.0159. The summed E-state index contributed by atoms with van der Waals surface area (Å²) in [6, 6.07) is 5.02. The summed E-state index contributed by atoms with van der Waals surface area (Å²) in [7, 11) is 0. The predicted octanol–water partition coefficient (Wildman–Crippen LogP) is 1.79. The minimum Gasteiger partial charge on any atom is -0.487 e. The van der Waals surface area contributed by atoms with E-state index in [0.29, 0.717) is 40.3 Å². The Hall–Kier alpha value is -3.57. The van der Waals surface area contributed by atoms with Crippen LogP contribution in [0.3, 0.4) is 0 Å². The van der Waals surface area contributed by atoms with Gasteiger partial charge in [-0.3, -0.25) is 9.59 Å². The lowest BCUT2D eigenvalue weighted by atomic mass is 10.0. The van der Waals surface area contributed by atoms with E-state index >= 15 is 0 Å². The largest absolute Gasteiger partial charge is 0.487 e. The fraction of sp³-hybridized carbons (Fsp3) is 0.417. The van der Waals surface area contributed by atoms with Crippen molar-refractivity contribution in [3.63, 3.8) is 0 Å². The number of rotatable bonds is 7. The summed E-state index contributed by atoms with van der Waals surface area (Å²) < 4.78 is 22.2. The van der Waals surface area contributed by atoms with Gasteiger partial charge in [0, 0.05) is 31.0 Å². The van der Waals surface area contributed by atoms with Crippen LogP contribution < -0.4 is 15.4 Å². The Bertz CT molecular complexity index is 1280. The molecule has 1 saturated heterocycles. The molecule has 11 heteroatoms. The minimum atomic E-state index is -1.61. The molecule has 2 aliphatic rings. The highest BCUT2D eigenvalue weighted by atomic mass is 19.1. The minimum absolute atomic E-state index is 0.111. The van der Waals surface area contributed by atoms with Crippen molar-refractivity contribution < 1.29 is 23.8 Å². The number of hydrogen-bond acceptors (Lipinski definition) is 7. The molecule has 2 aromatic heterocycles. The maximum atomic E-state index is 14.5. The Morgan fingerprint density at radius 3 is 3.00 bits per heavy atom. The third-order valence-electron chi connectivity index (χ3n) is 6.31. The van der Waals surface area contributed by atoms with E-state index in [1.165, 1.54) is 29.5 Å².